The molecule has 0 bridgehead atoms. The van der Waals surface area contributed by atoms with Gasteiger partial charge in [-0.15, -0.1) is 0 Å². The van der Waals surface area contributed by atoms with Crippen molar-refractivity contribution in [3.05, 3.63) is 58.4 Å². The summed E-state index contributed by atoms with van der Waals surface area (Å²) in [6.45, 7) is 1.26. The molecule has 1 N–H and O–H groups in total. The van der Waals surface area contributed by atoms with E-state index in [2.05, 4.69) is 10.3 Å². The standard InChI is InChI=1S/C20H20N4O6/c1-3-18-21-14-6-4-5-7-16(14)23(18)11-20(26)30-12-19(25)22-15-9-8-13(29-2)10-17(15)24(27)28/h4-10H,3,11-12H2,1-2H3,(H,22,25). The molecule has 0 saturated carbocycles. The van der Waals surface area contributed by atoms with Gasteiger partial charge in [0.2, 0.25) is 0 Å². The Morgan fingerprint density at radius 1 is 1.23 bits per heavy atom. The number of aryl methyl sites for hydroxylation is 1. The predicted octanol–water partition coefficient (Wildman–Crippen LogP) is 2.70. The molecule has 0 aliphatic rings. The Balaban J connectivity index is 1.63. The number of rotatable bonds is 8. The van der Waals surface area contributed by atoms with Gasteiger partial charge in [-0.25, -0.2) is 4.98 Å². The number of nitro benzene ring substituents is 1. The van der Waals surface area contributed by atoms with Crippen LogP contribution in [0.4, 0.5) is 11.4 Å². The Kier molecular flexibility index (Phi) is 6.26. The minimum atomic E-state index is -0.692. The zero-order chi connectivity index (χ0) is 21.7. The van der Waals surface area contributed by atoms with Crippen molar-refractivity contribution >= 4 is 34.3 Å². The zero-order valence-corrected chi connectivity index (χ0v) is 16.5. The van der Waals surface area contributed by atoms with Crippen molar-refractivity contribution in [1.29, 1.82) is 0 Å². The van der Waals surface area contributed by atoms with E-state index in [0.29, 0.717) is 6.42 Å². The normalized spacial score (nSPS) is 10.6. The highest BCUT2D eigenvalue weighted by molar-refractivity contribution is 5.95. The van der Waals surface area contributed by atoms with Crippen LogP contribution in [-0.4, -0.2) is 40.1 Å². The SMILES string of the molecule is CCc1nc2ccccc2n1CC(=O)OCC(=O)Nc1ccc(OC)cc1[N+](=O)[O-]. The lowest BCUT2D eigenvalue weighted by atomic mass is 10.2. The summed E-state index contributed by atoms with van der Waals surface area (Å²) in [6, 6.07) is 11.4. The number of amides is 1. The monoisotopic (exact) mass is 412 g/mol. The third-order valence-corrected chi connectivity index (χ3v) is 4.38. The maximum absolute atomic E-state index is 12.3. The number of carbonyl (C=O) groups is 2. The molecular formula is C20H20N4O6. The van der Waals surface area contributed by atoms with E-state index in [4.69, 9.17) is 9.47 Å². The molecule has 0 aliphatic carbocycles. The van der Waals surface area contributed by atoms with Crippen LogP contribution < -0.4 is 10.1 Å². The average Bonchev–Trinajstić information content (AvgIpc) is 3.10. The van der Waals surface area contributed by atoms with E-state index in [1.54, 1.807) is 4.57 Å². The van der Waals surface area contributed by atoms with Crippen LogP contribution in [0.3, 0.4) is 0 Å². The van der Waals surface area contributed by atoms with Crippen molar-refractivity contribution < 1.29 is 24.0 Å². The molecule has 0 atom stereocenters. The second kappa shape index (κ2) is 9.03. The number of hydrogen-bond acceptors (Lipinski definition) is 7. The van der Waals surface area contributed by atoms with Crippen LogP contribution in [0.5, 0.6) is 5.75 Å². The van der Waals surface area contributed by atoms with Crippen molar-refractivity contribution in [2.45, 2.75) is 19.9 Å². The van der Waals surface area contributed by atoms with Crippen molar-refractivity contribution in [3.8, 4) is 5.75 Å². The number of nitro groups is 1. The predicted molar refractivity (Wildman–Crippen MR) is 108 cm³/mol. The molecule has 0 aliphatic heterocycles. The van der Waals surface area contributed by atoms with Crippen molar-refractivity contribution in [2.24, 2.45) is 0 Å². The smallest absolute Gasteiger partial charge is 0.326 e. The molecule has 1 aromatic heterocycles. The summed E-state index contributed by atoms with van der Waals surface area (Å²) >= 11 is 0. The first kappa shape index (κ1) is 20.8. The fraction of sp³-hybridized carbons (Fsp3) is 0.250. The van der Waals surface area contributed by atoms with Crippen molar-refractivity contribution in [2.75, 3.05) is 19.0 Å². The molecule has 3 rings (SSSR count). The van der Waals surface area contributed by atoms with Gasteiger partial charge in [0.1, 0.15) is 23.8 Å². The van der Waals surface area contributed by atoms with Gasteiger partial charge in [0.25, 0.3) is 11.6 Å². The first-order chi connectivity index (χ1) is 14.4. The van der Waals surface area contributed by atoms with Crippen molar-refractivity contribution in [1.82, 2.24) is 9.55 Å². The number of carbonyl (C=O) groups excluding carboxylic acids is 2. The Labute approximate surface area is 171 Å². The van der Waals surface area contributed by atoms with E-state index in [1.807, 2.05) is 31.2 Å². The summed E-state index contributed by atoms with van der Waals surface area (Å²) in [5, 5.41) is 13.6. The fourth-order valence-corrected chi connectivity index (χ4v) is 2.97. The number of para-hydroxylation sites is 2. The molecule has 0 spiro atoms. The number of nitrogens with one attached hydrogen (secondary N) is 1. The number of aromatic nitrogens is 2. The van der Waals surface area contributed by atoms with Gasteiger partial charge in [-0.05, 0) is 24.3 Å². The maximum atomic E-state index is 12.3. The minimum Gasteiger partial charge on any atom is -0.496 e. The van der Waals surface area contributed by atoms with E-state index < -0.39 is 23.4 Å². The van der Waals surface area contributed by atoms with Crippen LogP contribution in [0, 0.1) is 10.1 Å². The summed E-state index contributed by atoms with van der Waals surface area (Å²) in [5.41, 5.74) is 1.22. The third kappa shape index (κ3) is 4.54. The lowest BCUT2D eigenvalue weighted by molar-refractivity contribution is -0.384. The van der Waals surface area contributed by atoms with E-state index in [-0.39, 0.29) is 23.7 Å². The van der Waals surface area contributed by atoms with Gasteiger partial charge in [0, 0.05) is 6.42 Å². The van der Waals surface area contributed by atoms with Gasteiger partial charge in [0.05, 0.1) is 29.1 Å². The fourth-order valence-electron chi connectivity index (χ4n) is 2.97. The van der Waals surface area contributed by atoms with Crippen LogP contribution in [0.15, 0.2) is 42.5 Å². The third-order valence-electron chi connectivity index (χ3n) is 4.38. The lowest BCUT2D eigenvalue weighted by Crippen LogP contribution is -2.23. The first-order valence-corrected chi connectivity index (χ1v) is 9.15. The molecule has 1 amide bonds. The molecule has 156 valence electrons. The number of esters is 1. The minimum absolute atomic E-state index is 0.0179. The van der Waals surface area contributed by atoms with Crippen LogP contribution in [0.2, 0.25) is 0 Å². The molecule has 10 heteroatoms. The number of ether oxygens (including phenoxy) is 2. The largest absolute Gasteiger partial charge is 0.496 e. The van der Waals surface area contributed by atoms with Gasteiger partial charge >= 0.3 is 5.97 Å². The average molecular weight is 412 g/mol. The topological polar surface area (TPSA) is 126 Å². The van der Waals surface area contributed by atoms with Crippen LogP contribution in [0.25, 0.3) is 11.0 Å². The van der Waals surface area contributed by atoms with Crippen LogP contribution >= 0.6 is 0 Å². The summed E-state index contributed by atoms with van der Waals surface area (Å²) in [6.07, 6.45) is 0.629. The molecule has 0 radical (unpaired) electrons. The van der Waals surface area contributed by atoms with E-state index in [9.17, 15) is 19.7 Å². The number of imidazole rings is 1. The van der Waals surface area contributed by atoms with Gasteiger partial charge in [-0.3, -0.25) is 19.7 Å². The summed E-state index contributed by atoms with van der Waals surface area (Å²) in [7, 11) is 1.38. The second-order valence-electron chi connectivity index (χ2n) is 6.31. The molecule has 0 saturated heterocycles. The van der Waals surface area contributed by atoms with Gasteiger partial charge in [-0.2, -0.15) is 0 Å². The number of fused-ring (bicyclic) bond motifs is 1. The highest BCUT2D eigenvalue weighted by atomic mass is 16.6. The Hall–Kier alpha value is -3.95. The maximum Gasteiger partial charge on any atom is 0.326 e. The second-order valence-corrected chi connectivity index (χ2v) is 6.31. The molecule has 2 aromatic carbocycles. The quantitative estimate of drug-likeness (QED) is 0.342. The molecule has 1 heterocycles. The highest BCUT2D eigenvalue weighted by Gasteiger charge is 2.19. The summed E-state index contributed by atoms with van der Waals surface area (Å²) in [4.78, 5) is 39.4. The van der Waals surface area contributed by atoms with Crippen LogP contribution in [-0.2, 0) is 27.3 Å². The van der Waals surface area contributed by atoms with Gasteiger partial charge in [-0.1, -0.05) is 19.1 Å². The van der Waals surface area contributed by atoms with E-state index >= 15 is 0 Å². The van der Waals surface area contributed by atoms with Crippen molar-refractivity contribution in [3.63, 3.8) is 0 Å². The number of benzene rings is 2. The number of methoxy groups -OCH3 is 1. The zero-order valence-electron chi connectivity index (χ0n) is 16.5. The number of nitrogens with zero attached hydrogens (tertiary/aromatic N) is 3. The van der Waals surface area contributed by atoms with Gasteiger partial charge in [0.15, 0.2) is 6.61 Å². The highest BCUT2D eigenvalue weighted by Crippen LogP contribution is 2.28. The van der Waals surface area contributed by atoms with Gasteiger partial charge < -0.3 is 19.4 Å². The molecule has 0 unspecified atom stereocenters. The Morgan fingerprint density at radius 3 is 2.70 bits per heavy atom. The first-order valence-electron chi connectivity index (χ1n) is 9.15. The Morgan fingerprint density at radius 2 is 2.00 bits per heavy atom. The Bertz CT molecular complexity index is 1110. The lowest BCUT2D eigenvalue weighted by Gasteiger charge is -2.10. The summed E-state index contributed by atoms with van der Waals surface area (Å²) < 4.78 is 11.7. The molecule has 3 aromatic rings. The number of anilines is 1. The molecular weight excluding hydrogens is 392 g/mol. The van der Waals surface area contributed by atoms with E-state index in [1.165, 1.54) is 25.3 Å². The molecule has 30 heavy (non-hydrogen) atoms. The molecule has 0 fully saturated rings. The van der Waals surface area contributed by atoms with E-state index in [0.717, 1.165) is 16.9 Å². The van der Waals surface area contributed by atoms with Crippen LogP contribution in [0.1, 0.15) is 12.7 Å². The number of hydrogen-bond donors (Lipinski definition) is 1. The molecule has 10 nitrogen and oxygen atoms in total. The summed E-state index contributed by atoms with van der Waals surface area (Å²) in [5.74, 6) is -0.299.